The van der Waals surface area contributed by atoms with Gasteiger partial charge in [-0.3, -0.25) is 0 Å². The van der Waals surface area contributed by atoms with Gasteiger partial charge in [0.15, 0.2) is 0 Å². The minimum atomic E-state index is -2.47. The van der Waals surface area contributed by atoms with E-state index in [0.717, 1.165) is 12.8 Å². The zero-order valence-corrected chi connectivity index (χ0v) is 12.1. The van der Waals surface area contributed by atoms with E-state index in [0.29, 0.717) is 12.3 Å². The highest BCUT2D eigenvalue weighted by atomic mass is 35.5. The second-order valence-corrected chi connectivity index (χ2v) is 6.07. The number of aryl methyl sites for hydroxylation is 1. The predicted molar refractivity (Wildman–Crippen MR) is 76.2 cm³/mol. The SMILES string of the molecule is Cc1ccccc1C(CCl)CC1CCCC(F)(F)C1. The third-order valence-electron chi connectivity index (χ3n) is 4.17. The average Bonchev–Trinajstić information content (AvgIpc) is 2.36. The summed E-state index contributed by atoms with van der Waals surface area (Å²) in [6.45, 7) is 2.06. The minimum absolute atomic E-state index is 0.0340. The van der Waals surface area contributed by atoms with Crippen molar-refractivity contribution in [3.8, 4) is 0 Å². The van der Waals surface area contributed by atoms with Crippen molar-refractivity contribution in [3.05, 3.63) is 35.4 Å². The molecule has 0 amide bonds. The quantitative estimate of drug-likeness (QED) is 0.638. The summed E-state index contributed by atoms with van der Waals surface area (Å²) in [5.74, 6) is -1.66. The van der Waals surface area contributed by atoms with E-state index in [9.17, 15) is 8.78 Å². The molecular formula is C16H21ClF2. The minimum Gasteiger partial charge on any atom is -0.207 e. The highest BCUT2D eigenvalue weighted by molar-refractivity contribution is 6.18. The number of hydrogen-bond acceptors (Lipinski definition) is 0. The predicted octanol–water partition coefficient (Wildman–Crippen LogP) is 5.53. The summed E-state index contributed by atoms with van der Waals surface area (Å²) in [4.78, 5) is 0. The lowest BCUT2D eigenvalue weighted by Gasteiger charge is -2.31. The average molecular weight is 287 g/mol. The molecule has 2 atom stereocenters. The maximum atomic E-state index is 13.5. The van der Waals surface area contributed by atoms with Crippen LogP contribution in [0.25, 0.3) is 0 Å². The first-order valence-electron chi connectivity index (χ1n) is 7.01. The van der Waals surface area contributed by atoms with Crippen LogP contribution >= 0.6 is 11.6 Å². The molecule has 1 aromatic rings. The molecule has 0 N–H and O–H groups in total. The Hall–Kier alpha value is -0.630. The van der Waals surface area contributed by atoms with Crippen LogP contribution in [0.4, 0.5) is 8.78 Å². The van der Waals surface area contributed by atoms with Crippen LogP contribution in [0.1, 0.15) is 49.1 Å². The Morgan fingerprint density at radius 1 is 1.37 bits per heavy atom. The standard InChI is InChI=1S/C16H21ClF2/c1-12-5-2-3-7-15(12)14(11-17)9-13-6-4-8-16(18,19)10-13/h2-3,5,7,13-14H,4,6,8-11H2,1H3. The van der Waals surface area contributed by atoms with Crippen molar-refractivity contribution in [3.63, 3.8) is 0 Å². The molecule has 19 heavy (non-hydrogen) atoms. The summed E-state index contributed by atoms with van der Waals surface area (Å²) >= 11 is 6.08. The van der Waals surface area contributed by atoms with E-state index in [2.05, 4.69) is 19.1 Å². The van der Waals surface area contributed by atoms with Gasteiger partial charge in [0.1, 0.15) is 0 Å². The lowest BCUT2D eigenvalue weighted by Crippen LogP contribution is -2.27. The highest BCUT2D eigenvalue weighted by Gasteiger charge is 2.37. The fourth-order valence-electron chi connectivity index (χ4n) is 3.20. The first-order chi connectivity index (χ1) is 9.02. The first-order valence-corrected chi connectivity index (χ1v) is 7.54. The summed E-state index contributed by atoms with van der Waals surface area (Å²) < 4.78 is 26.9. The van der Waals surface area contributed by atoms with Crippen LogP contribution in [0.5, 0.6) is 0 Å². The van der Waals surface area contributed by atoms with Gasteiger partial charge in [-0.25, -0.2) is 8.78 Å². The Kier molecular flexibility index (Phi) is 4.83. The summed E-state index contributed by atoms with van der Waals surface area (Å²) in [6, 6.07) is 8.13. The van der Waals surface area contributed by atoms with E-state index in [1.165, 1.54) is 11.1 Å². The zero-order chi connectivity index (χ0) is 13.9. The van der Waals surface area contributed by atoms with E-state index in [-0.39, 0.29) is 24.7 Å². The summed E-state index contributed by atoms with van der Waals surface area (Å²) in [5, 5.41) is 0. The van der Waals surface area contributed by atoms with Gasteiger partial charge in [0.25, 0.3) is 0 Å². The fourth-order valence-corrected chi connectivity index (χ4v) is 3.49. The largest absolute Gasteiger partial charge is 0.248 e. The number of hydrogen-bond donors (Lipinski definition) is 0. The van der Waals surface area contributed by atoms with Crippen LogP contribution in [0.2, 0.25) is 0 Å². The molecule has 1 aromatic carbocycles. The number of halogens is 3. The van der Waals surface area contributed by atoms with Crippen molar-refractivity contribution in [1.82, 2.24) is 0 Å². The van der Waals surface area contributed by atoms with Gasteiger partial charge in [0.05, 0.1) is 0 Å². The van der Waals surface area contributed by atoms with Crippen molar-refractivity contribution in [2.75, 3.05) is 5.88 Å². The second kappa shape index (κ2) is 6.21. The van der Waals surface area contributed by atoms with Crippen LogP contribution in [-0.2, 0) is 0 Å². The Bertz CT molecular complexity index is 417. The normalized spacial score (nSPS) is 24.1. The summed E-state index contributed by atoms with van der Waals surface area (Å²) in [6.07, 6.45) is 2.42. The summed E-state index contributed by atoms with van der Waals surface area (Å²) in [5.41, 5.74) is 2.42. The fraction of sp³-hybridized carbons (Fsp3) is 0.625. The van der Waals surface area contributed by atoms with Gasteiger partial charge in [-0.05, 0) is 49.1 Å². The van der Waals surface area contributed by atoms with Gasteiger partial charge in [0.2, 0.25) is 5.92 Å². The second-order valence-electron chi connectivity index (χ2n) is 5.76. The molecule has 1 fully saturated rings. The maximum Gasteiger partial charge on any atom is 0.248 e. The van der Waals surface area contributed by atoms with Crippen LogP contribution in [0.15, 0.2) is 24.3 Å². The Morgan fingerprint density at radius 3 is 2.74 bits per heavy atom. The molecule has 0 aliphatic heterocycles. The highest BCUT2D eigenvalue weighted by Crippen LogP contribution is 2.41. The van der Waals surface area contributed by atoms with Gasteiger partial charge >= 0.3 is 0 Å². The third kappa shape index (κ3) is 3.92. The lowest BCUT2D eigenvalue weighted by atomic mass is 9.79. The Labute approximate surface area is 119 Å². The van der Waals surface area contributed by atoms with Crippen molar-refractivity contribution < 1.29 is 8.78 Å². The van der Waals surface area contributed by atoms with Gasteiger partial charge in [-0.2, -0.15) is 0 Å². The first kappa shape index (κ1) is 14.8. The molecular weight excluding hydrogens is 266 g/mol. The van der Waals surface area contributed by atoms with Gasteiger partial charge in [-0.1, -0.05) is 24.3 Å². The molecule has 0 radical (unpaired) electrons. The topological polar surface area (TPSA) is 0 Å². The molecule has 0 heterocycles. The number of alkyl halides is 3. The molecule has 3 heteroatoms. The summed E-state index contributed by atoms with van der Waals surface area (Å²) in [7, 11) is 0. The molecule has 0 saturated heterocycles. The molecule has 0 aromatic heterocycles. The molecule has 0 nitrogen and oxygen atoms in total. The molecule has 2 unspecified atom stereocenters. The van der Waals surface area contributed by atoms with E-state index in [4.69, 9.17) is 11.6 Å². The number of rotatable bonds is 4. The smallest absolute Gasteiger partial charge is 0.207 e. The van der Waals surface area contributed by atoms with Crippen LogP contribution in [0, 0.1) is 12.8 Å². The van der Waals surface area contributed by atoms with E-state index < -0.39 is 5.92 Å². The molecule has 0 spiro atoms. The molecule has 1 aliphatic carbocycles. The zero-order valence-electron chi connectivity index (χ0n) is 11.3. The van der Waals surface area contributed by atoms with Gasteiger partial charge in [-0.15, -0.1) is 11.6 Å². The van der Waals surface area contributed by atoms with Crippen molar-refractivity contribution in [2.24, 2.45) is 5.92 Å². The van der Waals surface area contributed by atoms with E-state index in [1.807, 2.05) is 12.1 Å². The van der Waals surface area contributed by atoms with E-state index in [1.54, 1.807) is 0 Å². The molecule has 1 aliphatic rings. The molecule has 106 valence electrons. The molecule has 2 rings (SSSR count). The monoisotopic (exact) mass is 286 g/mol. The van der Waals surface area contributed by atoms with Crippen molar-refractivity contribution in [1.29, 1.82) is 0 Å². The van der Waals surface area contributed by atoms with Gasteiger partial charge in [0, 0.05) is 18.7 Å². The van der Waals surface area contributed by atoms with E-state index >= 15 is 0 Å². The molecule has 0 bridgehead atoms. The van der Waals surface area contributed by atoms with Gasteiger partial charge < -0.3 is 0 Å². The van der Waals surface area contributed by atoms with Crippen LogP contribution < -0.4 is 0 Å². The van der Waals surface area contributed by atoms with Crippen molar-refractivity contribution >= 4 is 11.6 Å². The third-order valence-corrected chi connectivity index (χ3v) is 4.55. The lowest BCUT2D eigenvalue weighted by molar-refractivity contribution is -0.0542. The Morgan fingerprint density at radius 2 is 2.11 bits per heavy atom. The molecule has 1 saturated carbocycles. The van der Waals surface area contributed by atoms with Crippen molar-refractivity contribution in [2.45, 2.75) is 50.9 Å². The van der Waals surface area contributed by atoms with Crippen LogP contribution in [-0.4, -0.2) is 11.8 Å². The maximum absolute atomic E-state index is 13.5. The van der Waals surface area contributed by atoms with Crippen LogP contribution in [0.3, 0.4) is 0 Å². The number of benzene rings is 1. The Balaban J connectivity index is 2.05.